The SMILES string of the molecule is O=C(O)c1scc2c1C(=O)N(c1cc(SCCc3ccccc3)ccc1F)C(=O)C2. The van der Waals surface area contributed by atoms with Crippen LogP contribution in [-0.2, 0) is 17.6 Å². The Morgan fingerprint density at radius 2 is 1.93 bits per heavy atom. The monoisotopic (exact) mass is 441 g/mol. The van der Waals surface area contributed by atoms with E-state index in [0.29, 0.717) is 5.56 Å². The van der Waals surface area contributed by atoms with Gasteiger partial charge in [0.2, 0.25) is 5.91 Å². The van der Waals surface area contributed by atoms with Crippen molar-refractivity contribution in [3.63, 3.8) is 0 Å². The third-order valence-corrected chi connectivity index (χ3v) is 6.74. The van der Waals surface area contributed by atoms with E-state index in [4.69, 9.17) is 0 Å². The van der Waals surface area contributed by atoms with Gasteiger partial charge in [-0.3, -0.25) is 9.59 Å². The molecule has 0 fully saturated rings. The zero-order valence-corrected chi connectivity index (χ0v) is 17.3. The summed E-state index contributed by atoms with van der Waals surface area (Å²) in [5.41, 5.74) is 1.37. The van der Waals surface area contributed by atoms with Crippen molar-refractivity contribution < 1.29 is 23.9 Å². The van der Waals surface area contributed by atoms with Gasteiger partial charge < -0.3 is 5.11 Å². The number of amides is 2. The van der Waals surface area contributed by atoms with Gasteiger partial charge in [0, 0.05) is 10.6 Å². The molecular weight excluding hydrogens is 425 g/mol. The normalized spacial score (nSPS) is 13.4. The van der Waals surface area contributed by atoms with Gasteiger partial charge in [0.25, 0.3) is 5.91 Å². The average Bonchev–Trinajstić information content (AvgIpc) is 3.15. The van der Waals surface area contributed by atoms with E-state index in [1.165, 1.54) is 34.8 Å². The second-order valence-electron chi connectivity index (χ2n) is 6.68. The number of imide groups is 1. The van der Waals surface area contributed by atoms with Gasteiger partial charge in [-0.05, 0) is 41.1 Å². The van der Waals surface area contributed by atoms with Gasteiger partial charge >= 0.3 is 5.97 Å². The first kappa shape index (κ1) is 20.3. The van der Waals surface area contributed by atoms with Crippen LogP contribution in [0.15, 0.2) is 58.8 Å². The molecule has 1 aliphatic rings. The molecule has 1 N–H and O–H groups in total. The molecule has 0 saturated heterocycles. The van der Waals surface area contributed by atoms with Crippen molar-refractivity contribution in [2.24, 2.45) is 0 Å². The van der Waals surface area contributed by atoms with E-state index < -0.39 is 23.6 Å². The second kappa shape index (κ2) is 8.41. The minimum absolute atomic E-state index is 0.0337. The summed E-state index contributed by atoms with van der Waals surface area (Å²) >= 11 is 2.39. The van der Waals surface area contributed by atoms with Gasteiger partial charge in [0.1, 0.15) is 10.7 Å². The standard InChI is InChI=1S/C22H16FNO4S2/c23-16-7-6-15(29-9-8-13-4-2-1-3-5-13)11-17(16)24-18(25)10-14-12-30-20(22(27)28)19(14)21(24)26/h1-7,11-12H,8-10H2,(H,27,28). The van der Waals surface area contributed by atoms with Crippen LogP contribution in [0.5, 0.6) is 0 Å². The number of benzene rings is 2. The van der Waals surface area contributed by atoms with E-state index in [9.17, 15) is 23.9 Å². The number of halogens is 1. The van der Waals surface area contributed by atoms with E-state index in [2.05, 4.69) is 0 Å². The summed E-state index contributed by atoms with van der Waals surface area (Å²) in [6.07, 6.45) is 0.676. The summed E-state index contributed by atoms with van der Waals surface area (Å²) in [5, 5.41) is 10.8. The number of rotatable bonds is 6. The maximum absolute atomic E-state index is 14.6. The first-order valence-corrected chi connectivity index (χ1v) is 11.0. The first-order valence-electron chi connectivity index (χ1n) is 9.13. The number of thioether (sulfide) groups is 1. The fourth-order valence-electron chi connectivity index (χ4n) is 3.31. The van der Waals surface area contributed by atoms with Crippen molar-refractivity contribution in [2.45, 2.75) is 17.7 Å². The van der Waals surface area contributed by atoms with Crippen LogP contribution in [0.4, 0.5) is 10.1 Å². The van der Waals surface area contributed by atoms with Gasteiger partial charge in [-0.25, -0.2) is 14.1 Å². The summed E-state index contributed by atoms with van der Waals surface area (Å²) in [7, 11) is 0. The highest BCUT2D eigenvalue weighted by molar-refractivity contribution is 7.99. The topological polar surface area (TPSA) is 74.7 Å². The van der Waals surface area contributed by atoms with Gasteiger partial charge in [-0.2, -0.15) is 0 Å². The highest BCUT2D eigenvalue weighted by Crippen LogP contribution is 2.34. The van der Waals surface area contributed by atoms with Crippen molar-refractivity contribution >= 4 is 46.6 Å². The first-order chi connectivity index (χ1) is 14.5. The molecule has 0 aliphatic carbocycles. The zero-order valence-electron chi connectivity index (χ0n) is 15.6. The minimum atomic E-state index is -1.24. The highest BCUT2D eigenvalue weighted by Gasteiger charge is 2.38. The van der Waals surface area contributed by atoms with Crippen molar-refractivity contribution in [1.82, 2.24) is 0 Å². The van der Waals surface area contributed by atoms with Gasteiger partial charge in [-0.15, -0.1) is 23.1 Å². The third kappa shape index (κ3) is 3.88. The molecule has 5 nitrogen and oxygen atoms in total. The lowest BCUT2D eigenvalue weighted by atomic mass is 10.0. The molecule has 0 bridgehead atoms. The van der Waals surface area contributed by atoms with E-state index in [1.54, 1.807) is 6.07 Å². The quantitative estimate of drug-likeness (QED) is 0.445. The number of hydrogen-bond acceptors (Lipinski definition) is 5. The number of aryl methyl sites for hydroxylation is 1. The maximum atomic E-state index is 14.6. The van der Waals surface area contributed by atoms with Crippen LogP contribution in [-0.4, -0.2) is 28.6 Å². The Hall–Kier alpha value is -2.97. The van der Waals surface area contributed by atoms with Crippen LogP contribution >= 0.6 is 23.1 Å². The summed E-state index contributed by atoms with van der Waals surface area (Å²) in [6.45, 7) is 0. The zero-order chi connectivity index (χ0) is 21.3. The van der Waals surface area contributed by atoms with Gasteiger partial charge in [-0.1, -0.05) is 30.3 Å². The Morgan fingerprint density at radius 3 is 2.67 bits per heavy atom. The lowest BCUT2D eigenvalue weighted by Gasteiger charge is -2.26. The highest BCUT2D eigenvalue weighted by atomic mass is 32.2. The molecular formula is C22H16FNO4S2. The Kier molecular flexibility index (Phi) is 5.69. The largest absolute Gasteiger partial charge is 0.477 e. The van der Waals surface area contributed by atoms with Crippen LogP contribution in [0.2, 0.25) is 0 Å². The lowest BCUT2D eigenvalue weighted by Crippen LogP contribution is -2.43. The van der Waals surface area contributed by atoms with Crippen LogP contribution in [0.3, 0.4) is 0 Å². The Morgan fingerprint density at radius 1 is 1.17 bits per heavy atom. The Balaban J connectivity index is 1.59. The second-order valence-corrected chi connectivity index (χ2v) is 8.73. The van der Waals surface area contributed by atoms with Crippen LogP contribution < -0.4 is 4.90 Å². The number of aromatic carboxylic acids is 1. The van der Waals surface area contributed by atoms with E-state index >= 15 is 0 Å². The number of carboxylic acid groups (broad SMARTS) is 1. The predicted octanol–water partition coefficient (Wildman–Crippen LogP) is 4.65. The number of fused-ring (bicyclic) bond motifs is 1. The summed E-state index contributed by atoms with van der Waals surface area (Å²) in [5.74, 6) is -2.58. The van der Waals surface area contributed by atoms with Crippen LogP contribution in [0.25, 0.3) is 0 Å². The van der Waals surface area contributed by atoms with E-state index in [1.807, 2.05) is 30.3 Å². The summed E-state index contributed by atoms with van der Waals surface area (Å²) in [6, 6.07) is 14.2. The van der Waals surface area contributed by atoms with E-state index in [0.717, 1.165) is 33.3 Å². The van der Waals surface area contributed by atoms with Crippen molar-refractivity contribution in [3.05, 3.63) is 81.3 Å². The molecule has 0 atom stereocenters. The molecule has 4 rings (SSSR count). The number of hydrogen-bond donors (Lipinski definition) is 1. The Bertz CT molecular complexity index is 1140. The molecule has 8 heteroatoms. The molecule has 2 heterocycles. The molecule has 2 amide bonds. The Labute approximate surface area is 180 Å². The molecule has 30 heavy (non-hydrogen) atoms. The molecule has 1 aliphatic heterocycles. The fourth-order valence-corrected chi connectivity index (χ4v) is 5.14. The smallest absolute Gasteiger partial charge is 0.346 e. The predicted molar refractivity (Wildman–Crippen MR) is 114 cm³/mol. The molecule has 0 saturated carbocycles. The molecule has 152 valence electrons. The van der Waals surface area contributed by atoms with Crippen LogP contribution in [0.1, 0.15) is 31.2 Å². The average molecular weight is 442 g/mol. The van der Waals surface area contributed by atoms with Gasteiger partial charge in [0.05, 0.1) is 17.7 Å². The maximum Gasteiger partial charge on any atom is 0.346 e. The molecule has 0 radical (unpaired) electrons. The summed E-state index contributed by atoms with van der Waals surface area (Å²) in [4.78, 5) is 38.3. The van der Waals surface area contributed by atoms with Crippen LogP contribution in [0, 0.1) is 5.82 Å². The van der Waals surface area contributed by atoms with Crippen molar-refractivity contribution in [3.8, 4) is 0 Å². The van der Waals surface area contributed by atoms with Crippen molar-refractivity contribution in [2.75, 3.05) is 10.7 Å². The molecule has 1 aromatic heterocycles. The lowest BCUT2D eigenvalue weighted by molar-refractivity contribution is -0.117. The number of carbonyl (C=O) groups is 3. The van der Waals surface area contributed by atoms with Crippen molar-refractivity contribution in [1.29, 1.82) is 0 Å². The fraction of sp³-hybridized carbons (Fsp3) is 0.136. The molecule has 0 unspecified atom stereocenters. The number of nitrogens with zero attached hydrogens (tertiary/aromatic N) is 1. The van der Waals surface area contributed by atoms with E-state index in [-0.39, 0.29) is 22.5 Å². The number of carboxylic acids is 1. The molecule has 3 aromatic rings. The minimum Gasteiger partial charge on any atom is -0.477 e. The number of anilines is 1. The number of thiophene rings is 1. The summed E-state index contributed by atoms with van der Waals surface area (Å²) < 4.78 is 14.6. The number of carbonyl (C=O) groups excluding carboxylic acids is 2. The molecule has 0 spiro atoms. The third-order valence-electron chi connectivity index (χ3n) is 4.73. The van der Waals surface area contributed by atoms with Gasteiger partial charge in [0.15, 0.2) is 0 Å². The molecule has 2 aromatic carbocycles.